The molecule has 0 amide bonds. The van der Waals surface area contributed by atoms with Crippen molar-refractivity contribution in [3.63, 3.8) is 0 Å². The van der Waals surface area contributed by atoms with E-state index < -0.39 is 11.7 Å². The molecule has 0 fully saturated rings. The topological polar surface area (TPSA) is 53.2 Å². The van der Waals surface area contributed by atoms with Crippen molar-refractivity contribution in [1.82, 2.24) is 0 Å². The lowest BCUT2D eigenvalue weighted by Crippen LogP contribution is -2.33. The number of aliphatic hydroxyl groups is 1. The molecule has 0 radical (unpaired) electrons. The molecule has 3 nitrogen and oxygen atoms in total. The Labute approximate surface area is 160 Å². The summed E-state index contributed by atoms with van der Waals surface area (Å²) < 4.78 is 6.56. The molecule has 0 aromatic heterocycles. The summed E-state index contributed by atoms with van der Waals surface area (Å²) in [6.07, 6.45) is 0.0432. The maximum atomic E-state index is 9.52. The average molecular weight is 357 g/mol. The van der Waals surface area contributed by atoms with Gasteiger partial charge < -0.3 is 9.84 Å². The van der Waals surface area contributed by atoms with E-state index in [1.54, 1.807) is 0 Å². The van der Waals surface area contributed by atoms with Gasteiger partial charge in [0, 0.05) is 6.61 Å². The zero-order chi connectivity index (χ0) is 19.0. The summed E-state index contributed by atoms with van der Waals surface area (Å²) in [6.45, 7) is 0.428. The summed E-state index contributed by atoms with van der Waals surface area (Å²) in [5, 5.41) is 18.3. The van der Waals surface area contributed by atoms with E-state index in [1.807, 2.05) is 60.7 Å². The average Bonchev–Trinajstić information content (AvgIpc) is 2.75. The van der Waals surface area contributed by atoms with Crippen LogP contribution < -0.4 is 0 Å². The molecular formula is C24H23NO2. The van der Waals surface area contributed by atoms with Crippen LogP contribution in [-0.2, 0) is 10.3 Å². The Bertz CT molecular complexity index is 760. The molecule has 1 N–H and O–H groups in total. The first-order valence-electron chi connectivity index (χ1n) is 9.15. The van der Waals surface area contributed by atoms with Gasteiger partial charge in [-0.1, -0.05) is 91.0 Å². The lowest BCUT2D eigenvalue weighted by atomic mass is 9.80. The van der Waals surface area contributed by atoms with Crippen LogP contribution in [0.5, 0.6) is 0 Å². The molecule has 0 bridgehead atoms. The van der Waals surface area contributed by atoms with Gasteiger partial charge in [-0.2, -0.15) is 5.26 Å². The van der Waals surface area contributed by atoms with Crippen molar-refractivity contribution in [3.8, 4) is 6.07 Å². The van der Waals surface area contributed by atoms with Gasteiger partial charge in [0.1, 0.15) is 11.7 Å². The Morgan fingerprint density at radius 2 is 1.19 bits per heavy atom. The van der Waals surface area contributed by atoms with Crippen LogP contribution in [0.4, 0.5) is 0 Å². The van der Waals surface area contributed by atoms with E-state index in [4.69, 9.17) is 10.00 Å². The van der Waals surface area contributed by atoms with E-state index in [1.165, 1.54) is 0 Å². The van der Waals surface area contributed by atoms with Gasteiger partial charge in [0.25, 0.3) is 0 Å². The molecular weight excluding hydrogens is 334 g/mol. The number of aliphatic hydroxyl groups excluding tert-OH is 1. The zero-order valence-electron chi connectivity index (χ0n) is 15.2. The first kappa shape index (κ1) is 18.8. The number of benzene rings is 3. The van der Waals surface area contributed by atoms with Crippen LogP contribution in [0.3, 0.4) is 0 Å². The minimum atomic E-state index is -0.951. The molecule has 136 valence electrons. The van der Waals surface area contributed by atoms with Crippen LogP contribution in [0.1, 0.15) is 29.5 Å². The molecule has 0 unspecified atom stereocenters. The Morgan fingerprint density at radius 1 is 0.778 bits per heavy atom. The predicted octanol–water partition coefficient (Wildman–Crippen LogP) is 4.66. The van der Waals surface area contributed by atoms with Gasteiger partial charge in [0.2, 0.25) is 0 Å². The van der Waals surface area contributed by atoms with Crippen LogP contribution in [0.2, 0.25) is 0 Å². The highest BCUT2D eigenvalue weighted by Gasteiger charge is 2.37. The van der Waals surface area contributed by atoms with Crippen molar-refractivity contribution in [2.75, 3.05) is 6.61 Å². The fourth-order valence-corrected chi connectivity index (χ4v) is 3.34. The molecule has 3 aromatic carbocycles. The summed E-state index contributed by atoms with van der Waals surface area (Å²) >= 11 is 0. The van der Waals surface area contributed by atoms with Crippen molar-refractivity contribution in [2.45, 2.75) is 24.5 Å². The van der Waals surface area contributed by atoms with Crippen LogP contribution in [0.15, 0.2) is 91.0 Å². The van der Waals surface area contributed by atoms with Crippen molar-refractivity contribution in [3.05, 3.63) is 108 Å². The lowest BCUT2D eigenvalue weighted by molar-refractivity contribution is 0.00784. The third kappa shape index (κ3) is 4.25. The number of rotatable bonds is 8. The first-order chi connectivity index (χ1) is 13.3. The van der Waals surface area contributed by atoms with E-state index in [0.717, 1.165) is 16.7 Å². The number of hydrogen-bond acceptors (Lipinski definition) is 3. The molecule has 0 aliphatic carbocycles. The molecule has 1 atom stereocenters. The Hall–Kier alpha value is -2.93. The van der Waals surface area contributed by atoms with E-state index in [-0.39, 0.29) is 0 Å². The normalized spacial score (nSPS) is 12.3. The number of hydrogen-bond donors (Lipinski definition) is 1. The molecule has 0 saturated carbocycles. The summed E-state index contributed by atoms with van der Waals surface area (Å²) in [5.41, 5.74) is 2.39. The van der Waals surface area contributed by atoms with E-state index in [0.29, 0.717) is 19.4 Å². The Morgan fingerprint density at radius 3 is 1.56 bits per heavy atom. The molecule has 0 spiro atoms. The van der Waals surface area contributed by atoms with Crippen LogP contribution >= 0.6 is 0 Å². The quantitative estimate of drug-likeness (QED) is 0.362. The highest BCUT2D eigenvalue weighted by atomic mass is 16.5. The number of nitriles is 1. The number of ether oxygens (including phenoxy) is 1. The van der Waals surface area contributed by atoms with E-state index >= 15 is 0 Å². The highest BCUT2D eigenvalue weighted by Crippen LogP contribution is 2.40. The molecule has 3 rings (SSSR count). The standard InChI is InChI=1S/C24H23NO2/c25-19-23(26)17-10-18-27-24(20-11-4-1-5-12-20,21-13-6-2-7-14-21)22-15-8-3-9-16-22/h1-9,11-16,23,26H,10,17-18H2/t23-/m1/s1. The molecule has 0 aliphatic heterocycles. The zero-order valence-corrected chi connectivity index (χ0v) is 15.2. The maximum absolute atomic E-state index is 9.52. The van der Waals surface area contributed by atoms with Gasteiger partial charge in [0.05, 0.1) is 6.07 Å². The second kappa shape index (κ2) is 9.14. The fourth-order valence-electron chi connectivity index (χ4n) is 3.34. The van der Waals surface area contributed by atoms with Gasteiger partial charge in [-0.3, -0.25) is 0 Å². The Kier molecular flexibility index (Phi) is 6.38. The van der Waals surface area contributed by atoms with E-state index in [9.17, 15) is 5.11 Å². The summed E-state index contributed by atoms with van der Waals surface area (Å²) in [6, 6.07) is 32.4. The van der Waals surface area contributed by atoms with Gasteiger partial charge in [-0.25, -0.2) is 0 Å². The summed E-state index contributed by atoms with van der Waals surface area (Å²) in [7, 11) is 0. The molecule has 0 saturated heterocycles. The smallest absolute Gasteiger partial charge is 0.143 e. The minimum Gasteiger partial charge on any atom is -0.378 e. The van der Waals surface area contributed by atoms with Crippen molar-refractivity contribution >= 4 is 0 Å². The van der Waals surface area contributed by atoms with Gasteiger partial charge in [0.15, 0.2) is 0 Å². The minimum absolute atomic E-state index is 0.394. The van der Waals surface area contributed by atoms with Crippen LogP contribution in [-0.4, -0.2) is 17.8 Å². The van der Waals surface area contributed by atoms with E-state index in [2.05, 4.69) is 36.4 Å². The van der Waals surface area contributed by atoms with Gasteiger partial charge >= 0.3 is 0 Å². The third-order valence-corrected chi connectivity index (χ3v) is 4.63. The summed E-state index contributed by atoms with van der Waals surface area (Å²) in [4.78, 5) is 0. The molecule has 0 heterocycles. The fraction of sp³-hybridized carbons (Fsp3) is 0.208. The first-order valence-corrected chi connectivity index (χ1v) is 9.15. The SMILES string of the molecule is N#C[C@H](O)CCCOC(c1ccccc1)(c1ccccc1)c1ccccc1. The number of nitrogens with zero attached hydrogens (tertiary/aromatic N) is 1. The molecule has 3 aromatic rings. The highest BCUT2D eigenvalue weighted by molar-refractivity contribution is 5.47. The third-order valence-electron chi connectivity index (χ3n) is 4.63. The predicted molar refractivity (Wildman–Crippen MR) is 106 cm³/mol. The second-order valence-electron chi connectivity index (χ2n) is 6.41. The van der Waals surface area contributed by atoms with Gasteiger partial charge in [-0.15, -0.1) is 0 Å². The van der Waals surface area contributed by atoms with Gasteiger partial charge in [-0.05, 0) is 29.5 Å². The van der Waals surface area contributed by atoms with Crippen molar-refractivity contribution in [1.29, 1.82) is 5.26 Å². The molecule has 3 heteroatoms. The molecule has 0 aliphatic rings. The maximum Gasteiger partial charge on any atom is 0.143 e. The largest absolute Gasteiger partial charge is 0.378 e. The van der Waals surface area contributed by atoms with Crippen LogP contribution in [0.25, 0.3) is 0 Å². The summed E-state index contributed by atoms with van der Waals surface area (Å²) in [5.74, 6) is 0. The Balaban J connectivity index is 2.05. The van der Waals surface area contributed by atoms with Crippen LogP contribution in [0, 0.1) is 11.3 Å². The lowest BCUT2D eigenvalue weighted by Gasteiger charge is -2.36. The second-order valence-corrected chi connectivity index (χ2v) is 6.41. The monoisotopic (exact) mass is 357 g/mol. The van der Waals surface area contributed by atoms with Crippen molar-refractivity contribution < 1.29 is 9.84 Å². The molecule has 27 heavy (non-hydrogen) atoms. The van der Waals surface area contributed by atoms with Crippen molar-refractivity contribution in [2.24, 2.45) is 0 Å².